The van der Waals surface area contributed by atoms with Crippen molar-refractivity contribution < 1.29 is 29.0 Å². The summed E-state index contributed by atoms with van der Waals surface area (Å²) in [6.45, 7) is 0.227. The van der Waals surface area contributed by atoms with E-state index in [1.807, 2.05) is 0 Å². The zero-order valence-corrected chi connectivity index (χ0v) is 18.8. The number of alkyl halides is 1. The van der Waals surface area contributed by atoms with E-state index in [0.717, 1.165) is 0 Å². The van der Waals surface area contributed by atoms with E-state index in [2.05, 4.69) is 46.5 Å². The number of aliphatic carboxylic acids is 2. The average Bonchev–Trinajstić information content (AvgIpc) is 2.77. The molecule has 0 aliphatic rings. The highest BCUT2D eigenvalue weighted by Gasteiger charge is 2.28. The lowest BCUT2D eigenvalue weighted by molar-refractivity contribution is -0.145. The van der Waals surface area contributed by atoms with Gasteiger partial charge in [-0.3, -0.25) is 4.79 Å². The van der Waals surface area contributed by atoms with Crippen LogP contribution in [0.5, 0.6) is 0 Å². The summed E-state index contributed by atoms with van der Waals surface area (Å²) in [6, 6.07) is 2.66. The maximum absolute atomic E-state index is 13.4. The van der Waals surface area contributed by atoms with Gasteiger partial charge in [0.05, 0.1) is 18.4 Å². The number of nitrogens with two attached hydrogens (primary N) is 2. The van der Waals surface area contributed by atoms with Crippen LogP contribution >= 0.6 is 15.9 Å². The van der Waals surface area contributed by atoms with Gasteiger partial charge in [0.1, 0.15) is 6.04 Å². The maximum Gasteiger partial charge on any atom is 0.338 e. The van der Waals surface area contributed by atoms with Crippen LogP contribution in [0.1, 0.15) is 22.5 Å². The number of benzene rings is 1. The fraction of sp³-hybridized carbons (Fsp3) is 0.211. The van der Waals surface area contributed by atoms with E-state index in [0.29, 0.717) is 21.4 Å². The van der Waals surface area contributed by atoms with Gasteiger partial charge >= 0.3 is 11.9 Å². The highest BCUT2D eigenvalue weighted by Crippen LogP contribution is 2.25. The molecule has 2 atom stereocenters. The molecule has 0 spiro atoms. The number of carbonyl (C=O) groups excluding carboxylic acids is 1. The Hall–Kier alpha value is -4.14. The van der Waals surface area contributed by atoms with Crippen LogP contribution < -0.4 is 22.1 Å². The van der Waals surface area contributed by atoms with Gasteiger partial charge in [-0.1, -0.05) is 0 Å². The maximum atomic E-state index is 13.4. The first kappa shape index (κ1) is 24.5. The van der Waals surface area contributed by atoms with Gasteiger partial charge in [-0.2, -0.15) is 9.97 Å². The summed E-state index contributed by atoms with van der Waals surface area (Å²) in [6.07, 6.45) is -1.86. The number of anilines is 3. The Morgan fingerprint density at radius 2 is 1.85 bits per heavy atom. The fourth-order valence-corrected chi connectivity index (χ4v) is 3.34. The molecule has 2 heterocycles. The van der Waals surface area contributed by atoms with E-state index < -0.39 is 36.5 Å². The van der Waals surface area contributed by atoms with Crippen molar-refractivity contribution in [2.45, 2.75) is 25.2 Å². The molecule has 0 aliphatic carbocycles. The van der Waals surface area contributed by atoms with Crippen molar-refractivity contribution in [2.75, 3.05) is 16.8 Å². The number of carboxylic acid groups (broad SMARTS) is 2. The number of amides is 1. The molecule has 1 aromatic carbocycles. The van der Waals surface area contributed by atoms with E-state index in [1.165, 1.54) is 18.3 Å². The minimum Gasteiger partial charge on any atom is -0.480 e. The normalized spacial score (nSPS) is 12.6. The van der Waals surface area contributed by atoms with Gasteiger partial charge in [0.2, 0.25) is 5.95 Å². The Balaban J connectivity index is 1.68. The van der Waals surface area contributed by atoms with Crippen molar-refractivity contribution in [2.24, 2.45) is 0 Å². The highest BCUT2D eigenvalue weighted by atomic mass is 79.9. The Morgan fingerprint density at radius 1 is 1.12 bits per heavy atom. The zero-order chi connectivity index (χ0) is 25.0. The van der Waals surface area contributed by atoms with E-state index in [-0.39, 0.29) is 29.5 Å². The van der Waals surface area contributed by atoms with Crippen LogP contribution in [0, 0.1) is 0 Å². The van der Waals surface area contributed by atoms with Gasteiger partial charge in [0.15, 0.2) is 23.2 Å². The minimum atomic E-state index is -2.43. The standard InChI is InChI=1S/C19H18BrFN8O5/c20-9-3-7(16(30)27-12(18(33)34)4-10(21)17(31)32)1-2-11(9)24-5-8-6-25-15-13(26-8)14(22)28-19(23)29-15/h1-3,6,10,12,24H,4-5H2,(H,27,30)(H,31,32)(H,33,34)(H4,22,23,25,28,29)/t10-,12-/m0/s1. The second-order valence-corrected chi connectivity index (χ2v) is 7.81. The number of nitrogen functional groups attached to an aromatic ring is 2. The molecule has 0 aliphatic heterocycles. The molecule has 0 bridgehead atoms. The monoisotopic (exact) mass is 536 g/mol. The summed E-state index contributed by atoms with van der Waals surface area (Å²) in [5.41, 5.74) is 13.1. The highest BCUT2D eigenvalue weighted by molar-refractivity contribution is 9.10. The van der Waals surface area contributed by atoms with Crippen molar-refractivity contribution in [1.82, 2.24) is 25.3 Å². The Bertz CT molecular complexity index is 1280. The van der Waals surface area contributed by atoms with Crippen LogP contribution in [-0.4, -0.2) is 60.2 Å². The SMILES string of the molecule is Nc1nc(N)c2nc(CNc3ccc(C(=O)N[C@@H](C[C@H](F)C(=O)O)C(=O)O)cc3Br)cnc2n1. The molecule has 0 saturated heterocycles. The zero-order valence-electron chi connectivity index (χ0n) is 17.2. The van der Waals surface area contributed by atoms with Gasteiger partial charge in [-0.15, -0.1) is 0 Å². The molecule has 3 aromatic rings. The van der Waals surface area contributed by atoms with Crippen molar-refractivity contribution in [1.29, 1.82) is 0 Å². The number of halogens is 2. The number of hydrogen-bond acceptors (Lipinski definition) is 10. The number of carboxylic acids is 2. The molecule has 0 unspecified atom stereocenters. The molecule has 3 rings (SSSR count). The number of rotatable bonds is 9. The second-order valence-electron chi connectivity index (χ2n) is 6.95. The van der Waals surface area contributed by atoms with Gasteiger partial charge in [0.25, 0.3) is 5.91 Å². The summed E-state index contributed by atoms with van der Waals surface area (Å²) in [7, 11) is 0. The summed E-state index contributed by atoms with van der Waals surface area (Å²) in [4.78, 5) is 50.6. The molecule has 8 N–H and O–H groups in total. The molecule has 0 fully saturated rings. The van der Waals surface area contributed by atoms with E-state index >= 15 is 0 Å². The van der Waals surface area contributed by atoms with Crippen LogP contribution in [0.3, 0.4) is 0 Å². The summed E-state index contributed by atoms with van der Waals surface area (Å²) >= 11 is 3.32. The molecule has 0 radical (unpaired) electrons. The smallest absolute Gasteiger partial charge is 0.338 e. The van der Waals surface area contributed by atoms with Crippen LogP contribution in [0.15, 0.2) is 28.9 Å². The second kappa shape index (κ2) is 10.2. The average molecular weight is 537 g/mol. The lowest BCUT2D eigenvalue weighted by Crippen LogP contribution is -2.43. The number of hydrogen-bond donors (Lipinski definition) is 6. The number of nitrogens with zero attached hydrogens (tertiary/aromatic N) is 4. The number of aromatic nitrogens is 4. The minimum absolute atomic E-state index is 0.0145. The quantitative estimate of drug-likeness (QED) is 0.225. The molecular weight excluding hydrogens is 519 g/mol. The summed E-state index contributed by atoms with van der Waals surface area (Å²) in [5, 5.41) is 23.0. The number of carbonyl (C=O) groups is 3. The van der Waals surface area contributed by atoms with E-state index in [1.54, 1.807) is 6.07 Å². The third-order valence-electron chi connectivity index (χ3n) is 4.51. The summed E-state index contributed by atoms with van der Waals surface area (Å²) < 4.78 is 13.9. The summed E-state index contributed by atoms with van der Waals surface area (Å²) in [5.74, 6) is -4.10. The Kier molecular flexibility index (Phi) is 7.35. The Labute approximate surface area is 198 Å². The van der Waals surface area contributed by atoms with Crippen molar-refractivity contribution >= 4 is 62.4 Å². The molecule has 15 heteroatoms. The van der Waals surface area contributed by atoms with Gasteiger partial charge in [0, 0.05) is 22.1 Å². The Morgan fingerprint density at radius 3 is 2.50 bits per heavy atom. The van der Waals surface area contributed by atoms with Crippen LogP contribution in [0.4, 0.5) is 21.8 Å². The van der Waals surface area contributed by atoms with Gasteiger partial charge in [-0.25, -0.2) is 23.9 Å². The first-order chi connectivity index (χ1) is 16.0. The molecule has 1 amide bonds. The van der Waals surface area contributed by atoms with Crippen molar-refractivity contribution in [3.8, 4) is 0 Å². The molecular formula is C19H18BrFN8O5. The predicted molar refractivity (Wildman–Crippen MR) is 121 cm³/mol. The molecule has 0 saturated carbocycles. The fourth-order valence-electron chi connectivity index (χ4n) is 2.82. The number of nitrogens with one attached hydrogen (secondary N) is 2. The lowest BCUT2D eigenvalue weighted by Gasteiger charge is -2.16. The molecule has 34 heavy (non-hydrogen) atoms. The van der Waals surface area contributed by atoms with Crippen LogP contribution in [0.25, 0.3) is 11.2 Å². The molecule has 2 aromatic heterocycles. The topological polar surface area (TPSA) is 219 Å². The van der Waals surface area contributed by atoms with E-state index in [9.17, 15) is 18.8 Å². The first-order valence-electron chi connectivity index (χ1n) is 9.53. The van der Waals surface area contributed by atoms with Gasteiger partial charge < -0.3 is 32.3 Å². The third kappa shape index (κ3) is 5.80. The number of fused-ring (bicyclic) bond motifs is 1. The predicted octanol–water partition coefficient (Wildman–Crippen LogP) is 0.955. The van der Waals surface area contributed by atoms with Crippen molar-refractivity contribution in [3.05, 3.63) is 40.1 Å². The third-order valence-corrected chi connectivity index (χ3v) is 5.16. The van der Waals surface area contributed by atoms with Crippen LogP contribution in [-0.2, 0) is 16.1 Å². The van der Waals surface area contributed by atoms with Crippen LogP contribution in [0.2, 0.25) is 0 Å². The van der Waals surface area contributed by atoms with Crippen molar-refractivity contribution in [3.63, 3.8) is 0 Å². The lowest BCUT2D eigenvalue weighted by atomic mass is 10.1. The molecule has 178 valence electrons. The largest absolute Gasteiger partial charge is 0.480 e. The van der Waals surface area contributed by atoms with Gasteiger partial charge in [-0.05, 0) is 34.1 Å². The molecule has 13 nitrogen and oxygen atoms in total. The first-order valence-corrected chi connectivity index (χ1v) is 10.3. The van der Waals surface area contributed by atoms with E-state index in [4.69, 9.17) is 21.7 Å².